The lowest BCUT2D eigenvalue weighted by atomic mass is 9.90. The van der Waals surface area contributed by atoms with E-state index in [0.717, 1.165) is 13.0 Å². The number of benzene rings is 2. The number of aromatic nitrogens is 1. The molecule has 1 heterocycles. The molecule has 0 radical (unpaired) electrons. The minimum atomic E-state index is 0.474. The van der Waals surface area contributed by atoms with E-state index in [2.05, 4.69) is 64.9 Å². The van der Waals surface area contributed by atoms with Crippen LogP contribution >= 0.6 is 0 Å². The molecule has 0 aliphatic heterocycles. The molecule has 1 aromatic heterocycles. The highest BCUT2D eigenvalue weighted by Gasteiger charge is 2.13. The standard InChI is InChI=1S/C19H20N2/c1-20-13-18(15-6-3-2-4-7-15)12-17-9-5-8-16-10-11-21-14-19(16)17/h2-11,14,18,20H,12-13H2,1H3. The summed E-state index contributed by atoms with van der Waals surface area (Å²) in [4.78, 5) is 4.28. The third kappa shape index (κ3) is 3.11. The van der Waals surface area contributed by atoms with Crippen LogP contribution in [0.3, 0.4) is 0 Å². The molecule has 0 saturated heterocycles. The van der Waals surface area contributed by atoms with E-state index in [1.54, 1.807) is 0 Å². The summed E-state index contributed by atoms with van der Waals surface area (Å²) in [6, 6.07) is 19.3. The average molecular weight is 276 g/mol. The highest BCUT2D eigenvalue weighted by molar-refractivity contribution is 5.84. The van der Waals surface area contributed by atoms with Gasteiger partial charge in [-0.25, -0.2) is 0 Å². The summed E-state index contributed by atoms with van der Waals surface area (Å²) < 4.78 is 0. The third-order valence-electron chi connectivity index (χ3n) is 3.96. The zero-order valence-corrected chi connectivity index (χ0v) is 12.3. The first-order chi connectivity index (χ1) is 10.4. The van der Waals surface area contributed by atoms with Gasteiger partial charge in [0.25, 0.3) is 0 Å². The molecule has 0 saturated carbocycles. The van der Waals surface area contributed by atoms with Gasteiger partial charge in [-0.15, -0.1) is 0 Å². The van der Waals surface area contributed by atoms with E-state index < -0.39 is 0 Å². The smallest absolute Gasteiger partial charge is 0.0349 e. The Morgan fingerprint density at radius 2 is 1.86 bits per heavy atom. The monoisotopic (exact) mass is 276 g/mol. The predicted molar refractivity (Wildman–Crippen MR) is 88.6 cm³/mol. The lowest BCUT2D eigenvalue weighted by Crippen LogP contribution is -2.19. The second-order valence-electron chi connectivity index (χ2n) is 5.38. The van der Waals surface area contributed by atoms with E-state index in [0.29, 0.717) is 5.92 Å². The highest BCUT2D eigenvalue weighted by atomic mass is 14.8. The van der Waals surface area contributed by atoms with Gasteiger partial charge in [0.2, 0.25) is 0 Å². The quantitative estimate of drug-likeness (QED) is 0.767. The molecule has 2 aromatic carbocycles. The van der Waals surface area contributed by atoms with Crippen molar-refractivity contribution in [2.24, 2.45) is 0 Å². The minimum absolute atomic E-state index is 0.474. The van der Waals surface area contributed by atoms with Crippen LogP contribution in [0.1, 0.15) is 17.0 Å². The average Bonchev–Trinajstić information content (AvgIpc) is 2.55. The molecule has 0 aliphatic rings. The van der Waals surface area contributed by atoms with Gasteiger partial charge in [-0.1, -0.05) is 48.5 Å². The van der Waals surface area contributed by atoms with E-state index in [1.165, 1.54) is 21.9 Å². The summed E-state index contributed by atoms with van der Waals surface area (Å²) in [5.41, 5.74) is 2.75. The lowest BCUT2D eigenvalue weighted by Gasteiger charge is -2.18. The van der Waals surface area contributed by atoms with Gasteiger partial charge in [0.05, 0.1) is 0 Å². The maximum atomic E-state index is 4.28. The van der Waals surface area contributed by atoms with Crippen molar-refractivity contribution in [3.63, 3.8) is 0 Å². The fraction of sp³-hybridized carbons (Fsp3) is 0.211. The Morgan fingerprint density at radius 1 is 1.00 bits per heavy atom. The van der Waals surface area contributed by atoms with Crippen LogP contribution in [0, 0.1) is 0 Å². The largest absolute Gasteiger partial charge is 0.319 e. The Bertz CT molecular complexity index is 702. The van der Waals surface area contributed by atoms with Gasteiger partial charge in [0.15, 0.2) is 0 Å². The number of nitrogens with one attached hydrogen (secondary N) is 1. The SMILES string of the molecule is CNCC(Cc1cccc2ccncc12)c1ccccc1. The van der Waals surface area contributed by atoms with Crippen LogP contribution in [0.15, 0.2) is 67.0 Å². The first-order valence-electron chi connectivity index (χ1n) is 7.39. The van der Waals surface area contributed by atoms with Crippen LogP contribution in [0.2, 0.25) is 0 Å². The van der Waals surface area contributed by atoms with Crippen LogP contribution in [0.5, 0.6) is 0 Å². The van der Waals surface area contributed by atoms with Crippen molar-refractivity contribution in [1.82, 2.24) is 10.3 Å². The normalized spacial score (nSPS) is 12.4. The Hall–Kier alpha value is -2.19. The van der Waals surface area contributed by atoms with E-state index in [9.17, 15) is 0 Å². The molecule has 2 nitrogen and oxygen atoms in total. The first-order valence-corrected chi connectivity index (χ1v) is 7.39. The third-order valence-corrected chi connectivity index (χ3v) is 3.96. The van der Waals surface area contributed by atoms with Crippen LogP contribution in [0.25, 0.3) is 10.8 Å². The van der Waals surface area contributed by atoms with Gasteiger partial charge in [-0.2, -0.15) is 0 Å². The molecular formula is C19H20N2. The summed E-state index contributed by atoms with van der Waals surface area (Å²) >= 11 is 0. The molecule has 1 atom stereocenters. The van der Waals surface area contributed by atoms with Gasteiger partial charge in [-0.05, 0) is 36.0 Å². The molecule has 1 N–H and O–H groups in total. The van der Waals surface area contributed by atoms with E-state index in [-0.39, 0.29) is 0 Å². The molecule has 3 aromatic rings. The topological polar surface area (TPSA) is 24.9 Å². The molecule has 2 heteroatoms. The second kappa shape index (κ2) is 6.51. The maximum absolute atomic E-state index is 4.28. The molecule has 0 spiro atoms. The molecule has 21 heavy (non-hydrogen) atoms. The summed E-state index contributed by atoms with van der Waals surface area (Å²) in [5.74, 6) is 0.474. The van der Waals surface area contributed by atoms with Crippen molar-refractivity contribution in [2.75, 3.05) is 13.6 Å². The van der Waals surface area contributed by atoms with Crippen molar-refractivity contribution in [3.05, 3.63) is 78.1 Å². The van der Waals surface area contributed by atoms with Crippen molar-refractivity contribution < 1.29 is 0 Å². The van der Waals surface area contributed by atoms with Crippen molar-refractivity contribution in [2.45, 2.75) is 12.3 Å². The number of hydrogen-bond acceptors (Lipinski definition) is 2. The van der Waals surface area contributed by atoms with Crippen LogP contribution in [-0.2, 0) is 6.42 Å². The molecule has 0 aliphatic carbocycles. The van der Waals surface area contributed by atoms with E-state index >= 15 is 0 Å². The number of fused-ring (bicyclic) bond motifs is 1. The van der Waals surface area contributed by atoms with Crippen molar-refractivity contribution in [3.8, 4) is 0 Å². The van der Waals surface area contributed by atoms with Crippen molar-refractivity contribution in [1.29, 1.82) is 0 Å². The molecule has 0 fully saturated rings. The van der Waals surface area contributed by atoms with E-state index in [4.69, 9.17) is 0 Å². The molecule has 0 bridgehead atoms. The maximum Gasteiger partial charge on any atom is 0.0349 e. The second-order valence-corrected chi connectivity index (χ2v) is 5.38. The molecular weight excluding hydrogens is 256 g/mol. The summed E-state index contributed by atoms with van der Waals surface area (Å²) in [7, 11) is 2.01. The summed E-state index contributed by atoms with van der Waals surface area (Å²) in [6.45, 7) is 0.973. The minimum Gasteiger partial charge on any atom is -0.319 e. The number of rotatable bonds is 5. The zero-order valence-electron chi connectivity index (χ0n) is 12.3. The predicted octanol–water partition coefficient (Wildman–Crippen LogP) is 3.78. The Kier molecular flexibility index (Phi) is 4.27. The summed E-state index contributed by atoms with van der Waals surface area (Å²) in [5, 5.41) is 5.84. The number of pyridine rings is 1. The van der Waals surface area contributed by atoms with Gasteiger partial charge >= 0.3 is 0 Å². The first kappa shape index (κ1) is 13.8. The highest BCUT2D eigenvalue weighted by Crippen LogP contribution is 2.25. The fourth-order valence-electron chi connectivity index (χ4n) is 2.90. The molecule has 1 unspecified atom stereocenters. The summed E-state index contributed by atoms with van der Waals surface area (Å²) in [6.07, 6.45) is 4.86. The number of nitrogens with zero attached hydrogens (tertiary/aromatic N) is 1. The van der Waals surface area contributed by atoms with Gasteiger partial charge in [-0.3, -0.25) is 4.98 Å². The van der Waals surface area contributed by atoms with Gasteiger partial charge < -0.3 is 5.32 Å². The van der Waals surface area contributed by atoms with Crippen molar-refractivity contribution >= 4 is 10.8 Å². The Labute approximate surface area is 125 Å². The molecule has 106 valence electrons. The van der Waals surface area contributed by atoms with E-state index in [1.807, 2.05) is 19.4 Å². The number of likely N-dealkylation sites (N-methyl/N-ethyl adjacent to an activating group) is 1. The van der Waals surface area contributed by atoms with Crippen LogP contribution in [-0.4, -0.2) is 18.6 Å². The van der Waals surface area contributed by atoms with Crippen LogP contribution < -0.4 is 5.32 Å². The fourth-order valence-corrected chi connectivity index (χ4v) is 2.90. The van der Waals surface area contributed by atoms with Gasteiger partial charge in [0, 0.05) is 30.2 Å². The zero-order chi connectivity index (χ0) is 14.5. The Balaban J connectivity index is 1.95. The Morgan fingerprint density at radius 3 is 2.67 bits per heavy atom. The lowest BCUT2D eigenvalue weighted by molar-refractivity contribution is 0.627. The van der Waals surface area contributed by atoms with Gasteiger partial charge in [0.1, 0.15) is 0 Å². The van der Waals surface area contributed by atoms with Crippen LogP contribution in [0.4, 0.5) is 0 Å². The molecule has 0 amide bonds. The molecule has 3 rings (SSSR count). The number of hydrogen-bond donors (Lipinski definition) is 1.